The van der Waals surface area contributed by atoms with Crippen molar-refractivity contribution in [2.75, 3.05) is 7.05 Å². The van der Waals surface area contributed by atoms with Gasteiger partial charge in [0.05, 0.1) is 5.69 Å². The first-order valence-corrected chi connectivity index (χ1v) is 7.86. The van der Waals surface area contributed by atoms with E-state index in [2.05, 4.69) is 41.5 Å². The predicted octanol–water partition coefficient (Wildman–Crippen LogP) is 4.12. The summed E-state index contributed by atoms with van der Waals surface area (Å²) >= 11 is 1.71. The van der Waals surface area contributed by atoms with Gasteiger partial charge in [-0.3, -0.25) is 0 Å². The molecule has 0 fully saturated rings. The number of thioether (sulfide) groups is 1. The molecule has 2 rings (SSSR count). The molecule has 0 radical (unpaired) electrons. The van der Waals surface area contributed by atoms with Gasteiger partial charge in [-0.15, -0.1) is 0 Å². The van der Waals surface area contributed by atoms with E-state index < -0.39 is 0 Å². The number of aryl methyl sites for hydroxylation is 2. The van der Waals surface area contributed by atoms with Gasteiger partial charge in [0.25, 0.3) is 5.22 Å². The predicted molar refractivity (Wildman–Crippen MR) is 84.2 cm³/mol. The van der Waals surface area contributed by atoms with Gasteiger partial charge in [-0.1, -0.05) is 49.0 Å². The molecule has 0 saturated carbocycles. The fourth-order valence-electron chi connectivity index (χ4n) is 2.24. The molecular weight excluding hydrogens is 268 g/mol. The van der Waals surface area contributed by atoms with Crippen molar-refractivity contribution in [2.45, 2.75) is 43.7 Å². The van der Waals surface area contributed by atoms with Crippen LogP contribution >= 0.6 is 11.8 Å². The maximum absolute atomic E-state index is 5.70. The Labute approximate surface area is 125 Å². The minimum Gasteiger partial charge on any atom is -0.437 e. The van der Waals surface area contributed by atoms with Crippen LogP contribution in [0.2, 0.25) is 0 Å². The number of rotatable bonds is 6. The number of oxazole rings is 1. The van der Waals surface area contributed by atoms with Gasteiger partial charge in [-0.25, -0.2) is 4.98 Å². The maximum Gasteiger partial charge on any atom is 0.256 e. The Morgan fingerprint density at radius 3 is 2.45 bits per heavy atom. The third-order valence-electron chi connectivity index (χ3n) is 3.50. The molecule has 1 aromatic heterocycles. The molecule has 0 aliphatic heterocycles. The van der Waals surface area contributed by atoms with E-state index in [4.69, 9.17) is 4.42 Å². The molecule has 0 aliphatic carbocycles. The Balaban J connectivity index is 2.17. The average molecular weight is 290 g/mol. The molecule has 2 unspecified atom stereocenters. The molecule has 2 aromatic rings. The fraction of sp³-hybridized carbons (Fsp3) is 0.438. The largest absolute Gasteiger partial charge is 0.437 e. The monoisotopic (exact) mass is 290 g/mol. The lowest BCUT2D eigenvalue weighted by Gasteiger charge is -2.24. The van der Waals surface area contributed by atoms with Crippen LogP contribution in [0.3, 0.4) is 0 Å². The van der Waals surface area contributed by atoms with Crippen LogP contribution in [0.1, 0.15) is 36.4 Å². The van der Waals surface area contributed by atoms with Crippen molar-refractivity contribution in [3.63, 3.8) is 0 Å². The van der Waals surface area contributed by atoms with Gasteiger partial charge in [0, 0.05) is 11.3 Å². The first-order chi connectivity index (χ1) is 9.65. The molecule has 20 heavy (non-hydrogen) atoms. The van der Waals surface area contributed by atoms with Crippen molar-refractivity contribution in [2.24, 2.45) is 0 Å². The van der Waals surface area contributed by atoms with Crippen molar-refractivity contribution in [1.82, 2.24) is 10.3 Å². The number of benzene rings is 1. The fourth-order valence-corrected chi connectivity index (χ4v) is 3.46. The van der Waals surface area contributed by atoms with Crippen molar-refractivity contribution in [3.8, 4) is 0 Å². The zero-order valence-corrected chi connectivity index (χ0v) is 13.3. The van der Waals surface area contributed by atoms with Gasteiger partial charge in [0.2, 0.25) is 0 Å². The smallest absolute Gasteiger partial charge is 0.256 e. The molecule has 2 atom stereocenters. The van der Waals surface area contributed by atoms with Crippen molar-refractivity contribution < 1.29 is 4.42 Å². The highest BCUT2D eigenvalue weighted by Crippen LogP contribution is 2.34. The summed E-state index contributed by atoms with van der Waals surface area (Å²) in [4.78, 5) is 4.48. The van der Waals surface area contributed by atoms with Crippen LogP contribution in [0, 0.1) is 13.8 Å². The number of nitrogens with one attached hydrogen (secondary N) is 1. The zero-order chi connectivity index (χ0) is 14.5. The second kappa shape index (κ2) is 6.95. The van der Waals surface area contributed by atoms with Crippen LogP contribution in [0.25, 0.3) is 0 Å². The lowest BCUT2D eigenvalue weighted by atomic mass is 10.0. The second-order valence-corrected chi connectivity index (χ2v) is 6.05. The van der Waals surface area contributed by atoms with E-state index in [1.165, 1.54) is 5.56 Å². The molecule has 0 spiro atoms. The normalized spacial score (nSPS) is 14.2. The lowest BCUT2D eigenvalue weighted by molar-refractivity contribution is 0.427. The average Bonchev–Trinajstić information content (AvgIpc) is 2.78. The van der Waals surface area contributed by atoms with E-state index in [9.17, 15) is 0 Å². The van der Waals surface area contributed by atoms with Crippen molar-refractivity contribution >= 4 is 11.8 Å². The summed E-state index contributed by atoms with van der Waals surface area (Å²) in [5, 5.41) is 4.58. The zero-order valence-electron chi connectivity index (χ0n) is 12.5. The second-order valence-electron chi connectivity index (χ2n) is 4.86. The molecule has 1 aromatic carbocycles. The number of nitrogens with zero attached hydrogens (tertiary/aromatic N) is 1. The third kappa shape index (κ3) is 3.44. The molecule has 1 heterocycles. The van der Waals surface area contributed by atoms with Gasteiger partial charge >= 0.3 is 0 Å². The van der Waals surface area contributed by atoms with E-state index >= 15 is 0 Å². The Morgan fingerprint density at radius 2 is 1.95 bits per heavy atom. The van der Waals surface area contributed by atoms with Gasteiger partial charge in [0.1, 0.15) is 5.76 Å². The number of aromatic nitrogens is 1. The Hall–Kier alpha value is -1.26. The third-order valence-corrected chi connectivity index (χ3v) is 4.79. The summed E-state index contributed by atoms with van der Waals surface area (Å²) in [6.45, 7) is 6.14. The summed E-state index contributed by atoms with van der Waals surface area (Å²) in [5.74, 6) is 0.906. The summed E-state index contributed by atoms with van der Waals surface area (Å²) in [6, 6.07) is 10.8. The Bertz CT molecular complexity index is 519. The summed E-state index contributed by atoms with van der Waals surface area (Å²) in [6.07, 6.45) is 1.05. The molecular formula is C16H22N2OS. The van der Waals surface area contributed by atoms with Crippen LogP contribution in [0.5, 0.6) is 0 Å². The standard InChI is InChI=1S/C16H22N2OS/c1-5-14(20-16-18-11(2)12(3)19-16)15(17-4)13-9-7-6-8-10-13/h6-10,14-15,17H,5H2,1-4H3. The highest BCUT2D eigenvalue weighted by Gasteiger charge is 2.23. The molecule has 0 amide bonds. The minimum atomic E-state index is 0.290. The van der Waals surface area contributed by atoms with E-state index in [0.29, 0.717) is 11.3 Å². The SMILES string of the molecule is CCC(Sc1nc(C)c(C)o1)C(NC)c1ccccc1. The van der Waals surface area contributed by atoms with E-state index in [1.807, 2.05) is 27.0 Å². The lowest BCUT2D eigenvalue weighted by Crippen LogP contribution is -2.26. The van der Waals surface area contributed by atoms with Crippen LogP contribution in [-0.4, -0.2) is 17.3 Å². The Kier molecular flexibility index (Phi) is 5.26. The number of hydrogen-bond donors (Lipinski definition) is 1. The first kappa shape index (κ1) is 15.1. The van der Waals surface area contributed by atoms with Gasteiger partial charge in [-0.05, 0) is 32.9 Å². The van der Waals surface area contributed by atoms with E-state index in [-0.39, 0.29) is 0 Å². The highest BCUT2D eigenvalue weighted by molar-refractivity contribution is 7.99. The molecule has 4 heteroatoms. The minimum absolute atomic E-state index is 0.290. The summed E-state index contributed by atoms with van der Waals surface area (Å²) < 4.78 is 5.70. The van der Waals surface area contributed by atoms with Crippen LogP contribution < -0.4 is 5.32 Å². The molecule has 0 aliphatic rings. The van der Waals surface area contributed by atoms with Gasteiger partial charge < -0.3 is 9.73 Å². The molecule has 0 saturated heterocycles. The summed E-state index contributed by atoms with van der Waals surface area (Å²) in [7, 11) is 2.01. The van der Waals surface area contributed by atoms with Gasteiger partial charge in [0.15, 0.2) is 0 Å². The van der Waals surface area contributed by atoms with E-state index in [0.717, 1.165) is 23.1 Å². The Morgan fingerprint density at radius 1 is 1.25 bits per heavy atom. The molecule has 1 N–H and O–H groups in total. The number of hydrogen-bond acceptors (Lipinski definition) is 4. The highest BCUT2D eigenvalue weighted by atomic mass is 32.2. The molecule has 3 nitrogen and oxygen atoms in total. The van der Waals surface area contributed by atoms with Crippen molar-refractivity contribution in [3.05, 3.63) is 47.3 Å². The van der Waals surface area contributed by atoms with E-state index in [1.54, 1.807) is 11.8 Å². The maximum atomic E-state index is 5.70. The quantitative estimate of drug-likeness (QED) is 0.812. The van der Waals surface area contributed by atoms with Crippen LogP contribution in [-0.2, 0) is 0 Å². The first-order valence-electron chi connectivity index (χ1n) is 6.98. The molecule has 0 bridgehead atoms. The summed E-state index contributed by atoms with van der Waals surface area (Å²) in [5.41, 5.74) is 2.28. The topological polar surface area (TPSA) is 38.1 Å². The van der Waals surface area contributed by atoms with Gasteiger partial charge in [-0.2, -0.15) is 0 Å². The van der Waals surface area contributed by atoms with Crippen LogP contribution in [0.4, 0.5) is 0 Å². The van der Waals surface area contributed by atoms with Crippen molar-refractivity contribution in [1.29, 1.82) is 0 Å². The van der Waals surface area contributed by atoms with Crippen LogP contribution in [0.15, 0.2) is 40.0 Å². The molecule has 108 valence electrons.